The molecular formula is C22H18BrClFN3O4S2. The fraction of sp³-hybridized carbons (Fsp3) is 0.0909. The van der Waals surface area contributed by atoms with Crippen molar-refractivity contribution < 1.29 is 22.3 Å². The first-order valence-corrected chi connectivity index (χ1v) is 12.8. The largest absolute Gasteiger partial charge is 0.493 e. The molecule has 0 atom stereocenters. The van der Waals surface area contributed by atoms with E-state index in [1.807, 2.05) is 6.92 Å². The third kappa shape index (κ3) is 6.66. The summed E-state index contributed by atoms with van der Waals surface area (Å²) in [5, 5.41) is 5.11. The standard InChI is InChI=1S/C22H18BrClFN3O4S2/c1-2-32-20-9-6-15(11-17(20)23)28-34(30,31)16-7-8-18(24)19(12-16)26-22(33)27-21(29)13-4-3-5-14(25)10-13/h3-12,28H,2H2,1H3,(H2,26,27,29,33). The molecule has 34 heavy (non-hydrogen) atoms. The second kappa shape index (κ2) is 11.1. The van der Waals surface area contributed by atoms with Crippen molar-refractivity contribution in [1.29, 1.82) is 0 Å². The zero-order valence-corrected chi connectivity index (χ0v) is 21.5. The van der Waals surface area contributed by atoms with Crippen LogP contribution in [0, 0.1) is 5.82 Å². The highest BCUT2D eigenvalue weighted by atomic mass is 79.9. The van der Waals surface area contributed by atoms with Gasteiger partial charge in [0.1, 0.15) is 11.6 Å². The molecule has 178 valence electrons. The van der Waals surface area contributed by atoms with E-state index in [0.717, 1.165) is 6.07 Å². The normalized spacial score (nSPS) is 10.9. The van der Waals surface area contributed by atoms with Crippen molar-refractivity contribution in [2.45, 2.75) is 11.8 Å². The van der Waals surface area contributed by atoms with Gasteiger partial charge >= 0.3 is 0 Å². The van der Waals surface area contributed by atoms with E-state index in [2.05, 4.69) is 31.3 Å². The molecule has 0 heterocycles. The Labute approximate surface area is 214 Å². The Hall–Kier alpha value is -2.73. The van der Waals surface area contributed by atoms with Gasteiger partial charge in [-0.05, 0) is 89.7 Å². The lowest BCUT2D eigenvalue weighted by molar-refractivity contribution is 0.0977. The van der Waals surface area contributed by atoms with Gasteiger partial charge < -0.3 is 10.1 Å². The summed E-state index contributed by atoms with van der Waals surface area (Å²) in [6.07, 6.45) is 0. The van der Waals surface area contributed by atoms with Crippen LogP contribution in [-0.2, 0) is 10.0 Å². The number of halogens is 3. The number of carbonyl (C=O) groups excluding carboxylic acids is 1. The Morgan fingerprint density at radius 3 is 2.59 bits per heavy atom. The van der Waals surface area contributed by atoms with Crippen LogP contribution in [0.25, 0.3) is 0 Å². The molecule has 0 aromatic heterocycles. The number of nitrogens with one attached hydrogen (secondary N) is 3. The number of ether oxygens (including phenoxy) is 1. The number of amides is 1. The maximum absolute atomic E-state index is 13.3. The van der Waals surface area contributed by atoms with Crippen molar-refractivity contribution in [2.24, 2.45) is 0 Å². The first-order chi connectivity index (χ1) is 16.1. The van der Waals surface area contributed by atoms with E-state index in [-0.39, 0.29) is 26.3 Å². The molecule has 3 aromatic carbocycles. The molecule has 7 nitrogen and oxygen atoms in total. The average molecular weight is 587 g/mol. The van der Waals surface area contributed by atoms with E-state index in [0.29, 0.717) is 22.5 Å². The maximum atomic E-state index is 13.3. The minimum atomic E-state index is -3.98. The van der Waals surface area contributed by atoms with Crippen LogP contribution in [0.5, 0.6) is 5.75 Å². The SMILES string of the molecule is CCOc1ccc(NS(=O)(=O)c2ccc(Cl)c(NC(=S)NC(=O)c3cccc(F)c3)c2)cc1Br. The third-order valence-corrected chi connectivity index (χ3v) is 6.83. The number of sulfonamides is 1. The summed E-state index contributed by atoms with van der Waals surface area (Å²) in [5.74, 6) is -0.628. The Morgan fingerprint density at radius 1 is 1.15 bits per heavy atom. The van der Waals surface area contributed by atoms with Crippen LogP contribution in [-0.4, -0.2) is 26.0 Å². The quantitative estimate of drug-likeness (QED) is 0.314. The molecule has 0 radical (unpaired) electrons. The minimum absolute atomic E-state index is 0.0669. The molecule has 0 fully saturated rings. The maximum Gasteiger partial charge on any atom is 0.261 e. The molecule has 3 aromatic rings. The van der Waals surface area contributed by atoms with E-state index >= 15 is 0 Å². The molecule has 0 bridgehead atoms. The van der Waals surface area contributed by atoms with E-state index < -0.39 is 21.7 Å². The van der Waals surface area contributed by atoms with Crippen LogP contribution in [0.15, 0.2) is 70.0 Å². The van der Waals surface area contributed by atoms with Gasteiger partial charge in [-0.2, -0.15) is 0 Å². The van der Waals surface area contributed by atoms with Gasteiger partial charge in [-0.3, -0.25) is 14.8 Å². The molecule has 0 spiro atoms. The zero-order chi connectivity index (χ0) is 24.9. The van der Waals surface area contributed by atoms with Gasteiger partial charge in [0, 0.05) is 5.56 Å². The van der Waals surface area contributed by atoms with Crippen molar-refractivity contribution >= 4 is 72.2 Å². The van der Waals surface area contributed by atoms with Crippen molar-refractivity contribution in [3.8, 4) is 5.75 Å². The fourth-order valence-electron chi connectivity index (χ4n) is 2.78. The van der Waals surface area contributed by atoms with Crippen molar-refractivity contribution in [3.05, 3.63) is 81.5 Å². The van der Waals surface area contributed by atoms with E-state index in [1.165, 1.54) is 36.4 Å². The lowest BCUT2D eigenvalue weighted by Gasteiger charge is -2.14. The van der Waals surface area contributed by atoms with Gasteiger partial charge in [0.05, 0.1) is 32.4 Å². The predicted octanol–water partition coefficient (Wildman–Crippen LogP) is 5.57. The van der Waals surface area contributed by atoms with Gasteiger partial charge in [-0.15, -0.1) is 0 Å². The lowest BCUT2D eigenvalue weighted by Crippen LogP contribution is -2.34. The Balaban J connectivity index is 1.75. The summed E-state index contributed by atoms with van der Waals surface area (Å²) in [6.45, 7) is 2.31. The third-order valence-electron chi connectivity index (χ3n) is 4.29. The van der Waals surface area contributed by atoms with Gasteiger partial charge in [-0.1, -0.05) is 17.7 Å². The molecule has 3 rings (SSSR count). The van der Waals surface area contributed by atoms with E-state index in [1.54, 1.807) is 18.2 Å². The van der Waals surface area contributed by atoms with Crippen LogP contribution in [0.2, 0.25) is 5.02 Å². The number of anilines is 2. The first kappa shape index (κ1) is 25.9. The minimum Gasteiger partial charge on any atom is -0.493 e. The van der Waals surface area contributed by atoms with E-state index in [4.69, 9.17) is 28.6 Å². The Kier molecular flexibility index (Phi) is 8.47. The van der Waals surface area contributed by atoms with Gasteiger partial charge in [-0.25, -0.2) is 12.8 Å². The summed E-state index contributed by atoms with van der Waals surface area (Å²) >= 11 is 14.6. The summed E-state index contributed by atoms with van der Waals surface area (Å²) in [4.78, 5) is 12.2. The van der Waals surface area contributed by atoms with Gasteiger partial charge in [0.2, 0.25) is 0 Å². The Bertz CT molecular complexity index is 1360. The number of benzene rings is 3. The highest BCUT2D eigenvalue weighted by Crippen LogP contribution is 2.30. The number of carbonyl (C=O) groups is 1. The molecule has 0 aliphatic rings. The monoisotopic (exact) mass is 585 g/mol. The van der Waals surface area contributed by atoms with Crippen LogP contribution >= 0.6 is 39.7 Å². The Morgan fingerprint density at radius 2 is 1.91 bits per heavy atom. The number of hydrogen-bond donors (Lipinski definition) is 3. The summed E-state index contributed by atoms with van der Waals surface area (Å²) < 4.78 is 47.6. The molecule has 0 unspecified atom stereocenters. The fourth-order valence-corrected chi connectivity index (χ4v) is 4.71. The number of rotatable bonds is 7. The molecule has 0 aliphatic carbocycles. The van der Waals surface area contributed by atoms with E-state index in [9.17, 15) is 17.6 Å². The molecule has 1 amide bonds. The second-order valence-corrected chi connectivity index (χ2v) is 10.1. The molecule has 0 aliphatic heterocycles. The first-order valence-electron chi connectivity index (χ1n) is 9.71. The summed E-state index contributed by atoms with van der Waals surface area (Å²) in [6, 6.07) is 13.8. The molecular weight excluding hydrogens is 569 g/mol. The highest BCUT2D eigenvalue weighted by Gasteiger charge is 2.18. The highest BCUT2D eigenvalue weighted by molar-refractivity contribution is 9.10. The topological polar surface area (TPSA) is 96.5 Å². The average Bonchev–Trinajstić information content (AvgIpc) is 2.77. The van der Waals surface area contributed by atoms with Crippen molar-refractivity contribution in [1.82, 2.24) is 5.32 Å². The molecule has 3 N–H and O–H groups in total. The molecule has 0 saturated heterocycles. The van der Waals surface area contributed by atoms with Crippen LogP contribution in [0.1, 0.15) is 17.3 Å². The lowest BCUT2D eigenvalue weighted by atomic mass is 10.2. The summed E-state index contributed by atoms with van der Waals surface area (Å²) in [7, 11) is -3.98. The zero-order valence-electron chi connectivity index (χ0n) is 17.6. The van der Waals surface area contributed by atoms with Crippen LogP contribution in [0.4, 0.5) is 15.8 Å². The van der Waals surface area contributed by atoms with Crippen LogP contribution < -0.4 is 20.1 Å². The van der Waals surface area contributed by atoms with Crippen LogP contribution in [0.3, 0.4) is 0 Å². The van der Waals surface area contributed by atoms with Crippen molar-refractivity contribution in [2.75, 3.05) is 16.6 Å². The van der Waals surface area contributed by atoms with Crippen molar-refractivity contribution in [3.63, 3.8) is 0 Å². The predicted molar refractivity (Wildman–Crippen MR) is 138 cm³/mol. The summed E-state index contributed by atoms with van der Waals surface area (Å²) in [5.41, 5.74) is 0.539. The molecule has 12 heteroatoms. The van der Waals surface area contributed by atoms with Gasteiger partial charge in [0.25, 0.3) is 15.9 Å². The number of thiocarbonyl (C=S) groups is 1. The van der Waals surface area contributed by atoms with Gasteiger partial charge in [0.15, 0.2) is 5.11 Å². The number of hydrogen-bond acceptors (Lipinski definition) is 5. The molecule has 0 saturated carbocycles. The second-order valence-electron chi connectivity index (χ2n) is 6.74. The smallest absolute Gasteiger partial charge is 0.261 e.